The quantitative estimate of drug-likeness (QED) is 0.177. The van der Waals surface area contributed by atoms with Gasteiger partial charge in [0.1, 0.15) is 22.3 Å². The van der Waals surface area contributed by atoms with Gasteiger partial charge in [-0.3, -0.25) is 0 Å². The molecule has 2 heteroatoms. The highest BCUT2D eigenvalue weighted by atomic mass is 16.3. The number of rotatable bonds is 2. The van der Waals surface area contributed by atoms with E-state index >= 15 is 0 Å². The molecule has 0 atom stereocenters. The van der Waals surface area contributed by atoms with Crippen molar-refractivity contribution >= 4 is 97.7 Å². The number of hydrogen-bond acceptors (Lipinski definition) is 2. The van der Waals surface area contributed by atoms with Gasteiger partial charge in [0, 0.05) is 27.1 Å². The Balaban J connectivity index is 1.19. The zero-order valence-electron chi connectivity index (χ0n) is 26.8. The largest absolute Gasteiger partial charge is 0.456 e. The van der Waals surface area contributed by atoms with Gasteiger partial charge in [0.2, 0.25) is 0 Å². The normalized spacial score (nSPS) is 12.4. The highest BCUT2D eigenvalue weighted by Gasteiger charge is 2.21. The van der Waals surface area contributed by atoms with Crippen LogP contribution in [0.5, 0.6) is 0 Å². The minimum Gasteiger partial charge on any atom is -0.456 e. The van der Waals surface area contributed by atoms with Crippen LogP contribution in [0.15, 0.2) is 167 Å². The first-order valence-electron chi connectivity index (χ1n) is 17.2. The van der Waals surface area contributed by atoms with Crippen molar-refractivity contribution in [3.8, 4) is 22.3 Å². The van der Waals surface area contributed by atoms with Crippen LogP contribution in [0.25, 0.3) is 120 Å². The third kappa shape index (κ3) is 3.47. The fraction of sp³-hybridized carbons (Fsp3) is 0. The van der Waals surface area contributed by atoms with Gasteiger partial charge in [-0.05, 0) is 107 Å². The van der Waals surface area contributed by atoms with Crippen molar-refractivity contribution in [1.82, 2.24) is 0 Å². The molecule has 12 rings (SSSR count). The number of hydrogen-bond donors (Lipinski definition) is 0. The van der Waals surface area contributed by atoms with Gasteiger partial charge in [-0.25, -0.2) is 0 Å². The van der Waals surface area contributed by atoms with Crippen molar-refractivity contribution < 1.29 is 8.83 Å². The van der Waals surface area contributed by atoms with E-state index in [9.17, 15) is 0 Å². The number of fused-ring (bicyclic) bond motifs is 9. The minimum atomic E-state index is 0.887. The Morgan fingerprint density at radius 2 is 0.920 bits per heavy atom. The first-order valence-corrected chi connectivity index (χ1v) is 17.2. The molecule has 2 aromatic heterocycles. The van der Waals surface area contributed by atoms with Crippen molar-refractivity contribution in [3.05, 3.63) is 158 Å². The second kappa shape index (κ2) is 9.49. The average Bonchev–Trinajstić information content (AvgIpc) is 3.74. The third-order valence-corrected chi connectivity index (χ3v) is 11.0. The van der Waals surface area contributed by atoms with Crippen LogP contribution in [0.4, 0.5) is 0 Å². The fourth-order valence-electron chi connectivity index (χ4n) is 8.70. The van der Waals surface area contributed by atoms with Gasteiger partial charge < -0.3 is 8.83 Å². The van der Waals surface area contributed by atoms with Crippen LogP contribution in [0.3, 0.4) is 0 Å². The van der Waals surface area contributed by atoms with E-state index in [0.29, 0.717) is 0 Å². The zero-order chi connectivity index (χ0) is 32.5. The van der Waals surface area contributed by atoms with E-state index in [-0.39, 0.29) is 0 Å². The van der Waals surface area contributed by atoms with Crippen molar-refractivity contribution in [2.24, 2.45) is 0 Å². The summed E-state index contributed by atoms with van der Waals surface area (Å²) < 4.78 is 13.3. The average molecular weight is 635 g/mol. The lowest BCUT2D eigenvalue weighted by Gasteiger charge is -2.15. The molecular formula is C48H26O2. The molecule has 2 heterocycles. The molecule has 0 saturated heterocycles. The molecule has 0 amide bonds. The van der Waals surface area contributed by atoms with Crippen molar-refractivity contribution in [2.45, 2.75) is 0 Å². The number of benzene rings is 10. The van der Waals surface area contributed by atoms with Gasteiger partial charge >= 0.3 is 0 Å². The van der Waals surface area contributed by atoms with E-state index in [1.807, 2.05) is 0 Å². The second-order valence-corrected chi connectivity index (χ2v) is 13.6. The van der Waals surface area contributed by atoms with Gasteiger partial charge in [-0.15, -0.1) is 0 Å². The lowest BCUT2D eigenvalue weighted by Crippen LogP contribution is -1.89. The molecule has 230 valence electrons. The van der Waals surface area contributed by atoms with E-state index in [1.54, 1.807) is 0 Å². The van der Waals surface area contributed by atoms with Gasteiger partial charge in [0.15, 0.2) is 0 Å². The number of furan rings is 2. The monoisotopic (exact) mass is 634 g/mol. The third-order valence-electron chi connectivity index (χ3n) is 11.0. The highest BCUT2D eigenvalue weighted by molar-refractivity contribution is 6.28. The van der Waals surface area contributed by atoms with Crippen LogP contribution in [-0.4, -0.2) is 0 Å². The molecule has 0 N–H and O–H groups in total. The Hall–Kier alpha value is -6.64. The van der Waals surface area contributed by atoms with E-state index in [4.69, 9.17) is 8.83 Å². The summed E-state index contributed by atoms with van der Waals surface area (Å²) in [4.78, 5) is 0. The van der Waals surface area contributed by atoms with E-state index < -0.39 is 0 Å². The maximum atomic E-state index is 6.96. The van der Waals surface area contributed by atoms with Crippen molar-refractivity contribution in [3.63, 3.8) is 0 Å². The zero-order valence-corrected chi connectivity index (χ0v) is 26.8. The Morgan fingerprint density at radius 1 is 0.280 bits per heavy atom. The maximum Gasteiger partial charge on any atom is 0.143 e. The Kier molecular flexibility index (Phi) is 5.00. The fourth-order valence-corrected chi connectivity index (χ4v) is 8.70. The molecule has 0 aliphatic rings. The predicted octanol–water partition coefficient (Wildman–Crippen LogP) is 14.0. The van der Waals surface area contributed by atoms with Gasteiger partial charge in [0.05, 0.1) is 0 Å². The predicted molar refractivity (Wildman–Crippen MR) is 211 cm³/mol. The highest BCUT2D eigenvalue weighted by Crippen LogP contribution is 2.47. The summed E-state index contributed by atoms with van der Waals surface area (Å²) in [5.74, 6) is 0. The molecule has 50 heavy (non-hydrogen) atoms. The van der Waals surface area contributed by atoms with E-state index in [0.717, 1.165) is 55.0 Å². The SMILES string of the molecule is c1ccc2cc3c(cc2c1)oc1c(-c2ccc4oc5ccc6ccccc6c5c4c2)ccc(-c2ccc4ccc5cccc6ccc2c4c56)c13. The molecule has 12 aromatic rings. The first-order chi connectivity index (χ1) is 24.8. The summed E-state index contributed by atoms with van der Waals surface area (Å²) in [5, 5.41) is 17.0. The Bertz CT molecular complexity index is 3360. The lowest BCUT2D eigenvalue weighted by molar-refractivity contribution is 0.668. The second-order valence-electron chi connectivity index (χ2n) is 13.6. The van der Waals surface area contributed by atoms with Gasteiger partial charge in [-0.2, -0.15) is 0 Å². The molecule has 0 saturated carbocycles. The van der Waals surface area contributed by atoms with Crippen molar-refractivity contribution in [2.75, 3.05) is 0 Å². The molecule has 0 spiro atoms. The maximum absolute atomic E-state index is 6.96. The van der Waals surface area contributed by atoms with Crippen molar-refractivity contribution in [1.29, 1.82) is 0 Å². The smallest absolute Gasteiger partial charge is 0.143 e. The topological polar surface area (TPSA) is 26.3 Å². The molecule has 0 aliphatic carbocycles. The molecule has 0 fully saturated rings. The Labute approximate surface area is 285 Å². The van der Waals surface area contributed by atoms with Crippen LogP contribution >= 0.6 is 0 Å². The summed E-state index contributed by atoms with van der Waals surface area (Å²) in [5.41, 5.74) is 8.14. The summed E-state index contributed by atoms with van der Waals surface area (Å²) in [6.07, 6.45) is 0. The van der Waals surface area contributed by atoms with Crippen LogP contribution in [0.1, 0.15) is 0 Å². The molecule has 0 radical (unpaired) electrons. The molecule has 2 nitrogen and oxygen atoms in total. The standard InChI is InChI=1S/C48H26O2/c1-2-8-32-26-43-40(24-31(32)7-1)47-38(36-18-14-30-13-12-28-9-5-10-29-15-19-37(36)45(30)44(28)29)21-20-35(48(47)50-43)33-17-22-41-39(25-33)46-34-11-4-3-6-27(34)16-23-42(46)49-41/h1-26H. The van der Waals surface area contributed by atoms with Crippen LogP contribution in [-0.2, 0) is 0 Å². The minimum absolute atomic E-state index is 0.887. The summed E-state index contributed by atoms with van der Waals surface area (Å²) in [6, 6.07) is 57.2. The summed E-state index contributed by atoms with van der Waals surface area (Å²) >= 11 is 0. The van der Waals surface area contributed by atoms with Gasteiger partial charge in [-0.1, -0.05) is 121 Å². The summed E-state index contributed by atoms with van der Waals surface area (Å²) in [6.45, 7) is 0. The molecule has 0 aliphatic heterocycles. The van der Waals surface area contributed by atoms with Crippen LogP contribution in [0, 0.1) is 0 Å². The molecule has 10 aromatic carbocycles. The molecular weight excluding hydrogens is 609 g/mol. The van der Waals surface area contributed by atoms with Gasteiger partial charge in [0.25, 0.3) is 0 Å². The Morgan fingerprint density at radius 3 is 1.80 bits per heavy atom. The molecule has 0 bridgehead atoms. The van der Waals surface area contributed by atoms with Crippen LogP contribution < -0.4 is 0 Å². The van der Waals surface area contributed by atoms with Crippen LogP contribution in [0.2, 0.25) is 0 Å². The van der Waals surface area contributed by atoms with E-state index in [1.165, 1.54) is 65.0 Å². The van der Waals surface area contributed by atoms with E-state index in [2.05, 4.69) is 158 Å². The lowest BCUT2D eigenvalue weighted by atomic mass is 9.87. The summed E-state index contributed by atoms with van der Waals surface area (Å²) in [7, 11) is 0. The molecule has 0 unspecified atom stereocenters. The first kappa shape index (κ1) is 26.3.